The van der Waals surface area contributed by atoms with Crippen LogP contribution in [0.2, 0.25) is 5.02 Å². The predicted octanol–water partition coefficient (Wildman–Crippen LogP) is 4.13. The highest BCUT2D eigenvalue weighted by molar-refractivity contribution is 9.10. The molecular weight excluding hydrogens is 302 g/mol. The number of aliphatic hydroxyl groups is 1. The molecule has 94 valence electrons. The van der Waals surface area contributed by atoms with Crippen molar-refractivity contribution in [3.8, 4) is 0 Å². The third kappa shape index (κ3) is 3.15. The summed E-state index contributed by atoms with van der Waals surface area (Å²) in [4.78, 5) is 0. The summed E-state index contributed by atoms with van der Waals surface area (Å²) in [6.45, 7) is 1.98. The first-order valence-electron chi connectivity index (χ1n) is 5.98. The highest BCUT2D eigenvalue weighted by atomic mass is 79.9. The van der Waals surface area contributed by atoms with Gasteiger partial charge in [0.2, 0.25) is 0 Å². The zero-order chi connectivity index (χ0) is 12.4. The van der Waals surface area contributed by atoms with Gasteiger partial charge in [0.1, 0.15) is 0 Å². The second-order valence-electron chi connectivity index (χ2n) is 4.68. The fourth-order valence-electron chi connectivity index (χ4n) is 2.24. The van der Waals surface area contributed by atoms with Crippen LogP contribution in [-0.4, -0.2) is 17.3 Å². The lowest BCUT2D eigenvalue weighted by Crippen LogP contribution is -2.36. The highest BCUT2D eigenvalue weighted by Crippen LogP contribution is 2.31. The molecule has 1 aliphatic carbocycles. The molecule has 1 aliphatic rings. The van der Waals surface area contributed by atoms with Gasteiger partial charge in [-0.15, -0.1) is 0 Å². The molecule has 1 aromatic rings. The minimum atomic E-state index is -0.254. The summed E-state index contributed by atoms with van der Waals surface area (Å²) in [5.41, 5.74) is 2.01. The van der Waals surface area contributed by atoms with Crippen LogP contribution in [-0.2, 0) is 0 Å². The average molecular weight is 319 g/mol. The van der Waals surface area contributed by atoms with Gasteiger partial charge in [-0.1, -0.05) is 24.4 Å². The first-order valence-corrected chi connectivity index (χ1v) is 7.15. The van der Waals surface area contributed by atoms with Crippen molar-refractivity contribution in [2.45, 2.75) is 44.8 Å². The summed E-state index contributed by atoms with van der Waals surface area (Å²) in [7, 11) is 0. The fourth-order valence-corrected chi connectivity index (χ4v) is 2.97. The van der Waals surface area contributed by atoms with Crippen molar-refractivity contribution < 1.29 is 5.11 Å². The number of rotatable bonds is 2. The van der Waals surface area contributed by atoms with Crippen molar-refractivity contribution in [1.82, 2.24) is 0 Å². The Hall–Kier alpha value is -0.250. The maximum absolute atomic E-state index is 9.93. The zero-order valence-electron chi connectivity index (χ0n) is 9.84. The van der Waals surface area contributed by atoms with Gasteiger partial charge in [-0.25, -0.2) is 0 Å². The predicted molar refractivity (Wildman–Crippen MR) is 75.8 cm³/mol. The molecule has 0 amide bonds. The van der Waals surface area contributed by atoms with E-state index in [1.165, 1.54) is 6.42 Å². The molecule has 0 radical (unpaired) electrons. The largest absolute Gasteiger partial charge is 0.391 e. The monoisotopic (exact) mass is 317 g/mol. The lowest BCUT2D eigenvalue weighted by atomic mass is 9.92. The van der Waals surface area contributed by atoms with Gasteiger partial charge in [0, 0.05) is 9.50 Å². The first-order chi connectivity index (χ1) is 8.08. The SMILES string of the molecule is Cc1cc(Br)c(N[C@@H]2CCCC[C@H]2O)cc1Cl. The molecule has 0 aromatic heterocycles. The molecule has 2 nitrogen and oxygen atoms in total. The smallest absolute Gasteiger partial charge is 0.0741 e. The molecule has 0 aliphatic heterocycles. The van der Waals surface area contributed by atoms with Gasteiger partial charge in [-0.05, 0) is 53.4 Å². The molecule has 17 heavy (non-hydrogen) atoms. The minimum absolute atomic E-state index is 0.138. The average Bonchev–Trinajstić information content (AvgIpc) is 2.29. The molecule has 1 saturated carbocycles. The van der Waals surface area contributed by atoms with E-state index < -0.39 is 0 Å². The van der Waals surface area contributed by atoms with Gasteiger partial charge in [0.15, 0.2) is 0 Å². The molecule has 1 fully saturated rings. The number of aryl methyl sites for hydroxylation is 1. The van der Waals surface area contributed by atoms with E-state index in [1.54, 1.807) is 0 Å². The number of anilines is 1. The van der Waals surface area contributed by atoms with E-state index in [9.17, 15) is 5.11 Å². The van der Waals surface area contributed by atoms with E-state index in [2.05, 4.69) is 21.2 Å². The summed E-state index contributed by atoms with van der Waals surface area (Å²) < 4.78 is 0.997. The van der Waals surface area contributed by atoms with Crippen molar-refractivity contribution in [3.63, 3.8) is 0 Å². The van der Waals surface area contributed by atoms with E-state index in [0.717, 1.165) is 40.0 Å². The molecule has 1 aromatic carbocycles. The second kappa shape index (κ2) is 5.59. The van der Waals surface area contributed by atoms with Gasteiger partial charge in [0.05, 0.1) is 17.8 Å². The number of nitrogens with one attached hydrogen (secondary N) is 1. The van der Waals surface area contributed by atoms with Crippen LogP contribution < -0.4 is 5.32 Å². The minimum Gasteiger partial charge on any atom is -0.391 e. The van der Waals surface area contributed by atoms with Gasteiger partial charge >= 0.3 is 0 Å². The number of aliphatic hydroxyl groups excluding tert-OH is 1. The normalized spacial score (nSPS) is 24.7. The Kier molecular flexibility index (Phi) is 4.34. The quantitative estimate of drug-likeness (QED) is 0.859. The van der Waals surface area contributed by atoms with Crippen LogP contribution in [0.25, 0.3) is 0 Å². The Labute approximate surface area is 115 Å². The van der Waals surface area contributed by atoms with E-state index >= 15 is 0 Å². The molecule has 2 atom stereocenters. The molecule has 2 rings (SSSR count). The maximum atomic E-state index is 9.93. The number of hydrogen-bond acceptors (Lipinski definition) is 2. The Morgan fingerprint density at radius 1 is 1.35 bits per heavy atom. The summed E-state index contributed by atoms with van der Waals surface area (Å²) in [5, 5.41) is 14.1. The van der Waals surface area contributed by atoms with Gasteiger partial charge in [-0.2, -0.15) is 0 Å². The molecule has 2 N–H and O–H groups in total. The zero-order valence-corrected chi connectivity index (χ0v) is 12.2. The topological polar surface area (TPSA) is 32.3 Å². The van der Waals surface area contributed by atoms with E-state index in [4.69, 9.17) is 11.6 Å². The van der Waals surface area contributed by atoms with Crippen LogP contribution in [0.5, 0.6) is 0 Å². The lowest BCUT2D eigenvalue weighted by molar-refractivity contribution is 0.116. The van der Waals surface area contributed by atoms with Crippen LogP contribution in [0.15, 0.2) is 16.6 Å². The third-order valence-electron chi connectivity index (χ3n) is 3.32. The Morgan fingerprint density at radius 2 is 2.06 bits per heavy atom. The molecule has 4 heteroatoms. The Balaban J connectivity index is 2.15. The van der Waals surface area contributed by atoms with Crippen molar-refractivity contribution in [2.24, 2.45) is 0 Å². The summed E-state index contributed by atoms with van der Waals surface area (Å²) in [6, 6.07) is 4.06. The summed E-state index contributed by atoms with van der Waals surface area (Å²) >= 11 is 9.64. The van der Waals surface area contributed by atoms with Crippen LogP contribution >= 0.6 is 27.5 Å². The maximum Gasteiger partial charge on any atom is 0.0741 e. The molecule has 0 bridgehead atoms. The van der Waals surface area contributed by atoms with Crippen molar-refractivity contribution in [2.75, 3.05) is 5.32 Å². The van der Waals surface area contributed by atoms with E-state index in [1.807, 2.05) is 19.1 Å². The lowest BCUT2D eigenvalue weighted by Gasteiger charge is -2.29. The van der Waals surface area contributed by atoms with Crippen molar-refractivity contribution >= 4 is 33.2 Å². The Bertz CT molecular complexity index is 411. The number of halogens is 2. The van der Waals surface area contributed by atoms with Gasteiger partial charge in [-0.3, -0.25) is 0 Å². The van der Waals surface area contributed by atoms with Crippen LogP contribution in [0.3, 0.4) is 0 Å². The molecule has 0 spiro atoms. The van der Waals surface area contributed by atoms with E-state index in [-0.39, 0.29) is 12.1 Å². The van der Waals surface area contributed by atoms with Crippen LogP contribution in [0.1, 0.15) is 31.2 Å². The van der Waals surface area contributed by atoms with Crippen molar-refractivity contribution in [3.05, 3.63) is 27.2 Å². The van der Waals surface area contributed by atoms with Gasteiger partial charge in [0.25, 0.3) is 0 Å². The summed E-state index contributed by atoms with van der Waals surface area (Å²) in [5.74, 6) is 0. The van der Waals surface area contributed by atoms with Gasteiger partial charge < -0.3 is 10.4 Å². The molecular formula is C13H17BrClNO. The highest BCUT2D eigenvalue weighted by Gasteiger charge is 2.23. The molecule has 0 unspecified atom stereocenters. The van der Waals surface area contributed by atoms with E-state index in [0.29, 0.717) is 0 Å². The second-order valence-corrected chi connectivity index (χ2v) is 5.95. The third-order valence-corrected chi connectivity index (χ3v) is 4.38. The van der Waals surface area contributed by atoms with Crippen molar-refractivity contribution in [1.29, 1.82) is 0 Å². The molecule has 0 heterocycles. The first kappa shape index (κ1) is 13.2. The number of benzene rings is 1. The molecule has 0 saturated heterocycles. The summed E-state index contributed by atoms with van der Waals surface area (Å²) in [6.07, 6.45) is 3.94. The standard InChI is InChI=1S/C13H17BrClNO/c1-8-6-9(14)12(7-10(8)15)16-11-4-2-3-5-13(11)17/h6-7,11,13,16-17H,2-5H2,1H3/t11-,13-/m1/s1. The van der Waals surface area contributed by atoms with Crippen LogP contribution in [0.4, 0.5) is 5.69 Å². The fraction of sp³-hybridized carbons (Fsp3) is 0.538. The van der Waals surface area contributed by atoms with Crippen LogP contribution in [0, 0.1) is 6.92 Å². The Morgan fingerprint density at radius 3 is 2.76 bits per heavy atom. The number of hydrogen-bond donors (Lipinski definition) is 2.